The fourth-order valence-corrected chi connectivity index (χ4v) is 25.9. The second-order valence-electron chi connectivity index (χ2n) is 37.5. The smallest absolute Gasteiger partial charge is 0.0755 e. The number of para-hydroxylation sites is 7. The van der Waals surface area contributed by atoms with E-state index in [9.17, 15) is 0 Å². The number of benzene rings is 22. The molecule has 0 bridgehead atoms. The highest BCUT2D eigenvalue weighted by Gasteiger charge is 2.55. The van der Waals surface area contributed by atoms with E-state index in [1.165, 1.54) is 137 Å². The van der Waals surface area contributed by atoms with Crippen molar-refractivity contribution in [3.63, 3.8) is 0 Å². The van der Waals surface area contributed by atoms with Gasteiger partial charge in [0, 0.05) is 65.3 Å². The van der Waals surface area contributed by atoms with Gasteiger partial charge >= 0.3 is 0 Å². The summed E-state index contributed by atoms with van der Waals surface area (Å²) < 4.78 is 2.55. The van der Waals surface area contributed by atoms with E-state index in [1.54, 1.807) is 0 Å². The first kappa shape index (κ1) is 80.7. The van der Waals surface area contributed by atoms with Gasteiger partial charge in [-0.05, 0) is 266 Å². The quantitative estimate of drug-likeness (QED) is 0.101. The molecule has 1 atom stereocenters. The third-order valence-electron chi connectivity index (χ3n) is 30.5. The first-order valence-corrected chi connectivity index (χ1v) is 49.3. The maximum atomic E-state index is 2.61. The molecule has 0 saturated heterocycles. The Hall–Kier alpha value is -17.7. The number of rotatable bonds is 15. The number of fused-ring (bicyclic) bond motifs is 24. The molecule has 3 heterocycles. The molecule has 0 N–H and O–H groups in total. The molecule has 2 spiro atoms. The van der Waals surface area contributed by atoms with Crippen molar-refractivity contribution in [1.29, 1.82) is 0 Å². The molecule has 22 aromatic carbocycles. The van der Waals surface area contributed by atoms with Gasteiger partial charge in [-0.2, -0.15) is 0 Å². The van der Waals surface area contributed by atoms with Crippen LogP contribution in [0, 0.1) is 0 Å². The third-order valence-corrected chi connectivity index (χ3v) is 31.7. The Morgan fingerprint density at radius 3 is 1.06 bits per heavy atom. The molecule has 1 unspecified atom stereocenters. The second-order valence-corrected chi connectivity index (χ2v) is 38.6. The summed E-state index contributed by atoms with van der Waals surface area (Å²) in [4.78, 5) is 10.2. The normalized spacial score (nSPS) is 14.3. The molecule has 3 aliphatic carbocycles. The molecule has 0 amide bonds. The largest absolute Gasteiger partial charge is 0.310 e. The minimum atomic E-state index is -0.788. The zero-order valence-corrected chi connectivity index (χ0v) is 77.3. The summed E-state index contributed by atoms with van der Waals surface area (Å²) in [7, 11) is 0. The highest BCUT2D eigenvalue weighted by molar-refractivity contribution is 7.25. The van der Waals surface area contributed by atoms with E-state index in [2.05, 4.69) is 553 Å². The van der Waals surface area contributed by atoms with Crippen molar-refractivity contribution >= 4 is 99.8 Å². The van der Waals surface area contributed by atoms with Crippen molar-refractivity contribution in [2.75, 3.05) is 19.6 Å². The first-order chi connectivity index (χ1) is 69.5. The van der Waals surface area contributed by atoms with Crippen LogP contribution in [-0.4, -0.2) is 0 Å². The van der Waals surface area contributed by atoms with Crippen LogP contribution in [0.2, 0.25) is 0 Å². The van der Waals surface area contributed by atoms with Gasteiger partial charge in [-0.3, -0.25) is 0 Å². The summed E-state index contributed by atoms with van der Waals surface area (Å²) in [5.41, 5.74) is 44.5. The van der Waals surface area contributed by atoms with Crippen molar-refractivity contribution < 1.29 is 0 Å². The van der Waals surface area contributed by atoms with E-state index in [1.807, 2.05) is 11.3 Å². The predicted octanol–water partition coefficient (Wildman–Crippen LogP) is 36.0. The van der Waals surface area contributed by atoms with Crippen LogP contribution in [0.25, 0.3) is 109 Å². The zero-order chi connectivity index (χ0) is 92.1. The molecule has 5 heteroatoms. The van der Waals surface area contributed by atoms with Crippen LogP contribution < -0.4 is 19.6 Å². The molecule has 2 aliphatic heterocycles. The Labute approximate surface area is 819 Å². The lowest BCUT2D eigenvalue weighted by atomic mass is 9.64. The lowest BCUT2D eigenvalue weighted by Crippen LogP contribution is -2.36. The molecular formula is C135H88N4S. The number of thiophene rings is 1. The molecular weight excluding hydrogens is 1710 g/mol. The zero-order valence-electron chi connectivity index (χ0n) is 76.5. The number of nitrogens with zero attached hydrogens (tertiary/aromatic N) is 4. The number of hydrogen-bond donors (Lipinski definition) is 0. The molecule has 0 saturated carbocycles. The third kappa shape index (κ3) is 12.0. The number of anilines is 12. The molecule has 4 nitrogen and oxygen atoms in total. The molecule has 1 aromatic heterocycles. The van der Waals surface area contributed by atoms with Gasteiger partial charge in [0.1, 0.15) is 0 Å². The Bertz CT molecular complexity index is 8830. The molecule has 140 heavy (non-hydrogen) atoms. The van der Waals surface area contributed by atoms with Crippen molar-refractivity contribution in [3.05, 3.63) is 601 Å². The van der Waals surface area contributed by atoms with Crippen molar-refractivity contribution in [2.24, 2.45) is 0 Å². The summed E-state index contributed by atoms with van der Waals surface area (Å²) in [6, 6.07) is 201. The van der Waals surface area contributed by atoms with Crippen molar-refractivity contribution in [2.45, 2.75) is 16.2 Å². The summed E-state index contributed by atoms with van der Waals surface area (Å²) in [6.45, 7) is 0. The van der Waals surface area contributed by atoms with Crippen LogP contribution in [0.15, 0.2) is 534 Å². The lowest BCUT2D eigenvalue weighted by Gasteiger charge is -2.45. The highest BCUT2D eigenvalue weighted by Crippen LogP contribution is 2.69. The van der Waals surface area contributed by atoms with Crippen LogP contribution in [0.1, 0.15) is 66.8 Å². The van der Waals surface area contributed by atoms with Crippen molar-refractivity contribution in [3.8, 4) is 89.0 Å². The highest BCUT2D eigenvalue weighted by atomic mass is 32.1. The average molecular weight is 1800 g/mol. The summed E-state index contributed by atoms with van der Waals surface area (Å²) >= 11 is 1.86. The topological polar surface area (TPSA) is 13.0 Å². The van der Waals surface area contributed by atoms with Crippen molar-refractivity contribution in [1.82, 2.24) is 0 Å². The first-order valence-electron chi connectivity index (χ1n) is 48.5. The fraction of sp³-hybridized carbons (Fsp3) is 0.0222. The van der Waals surface area contributed by atoms with Gasteiger partial charge in [-0.1, -0.05) is 406 Å². The summed E-state index contributed by atoms with van der Waals surface area (Å²) in [5.74, 6) is 0. The minimum Gasteiger partial charge on any atom is -0.310 e. The van der Waals surface area contributed by atoms with Crippen LogP contribution in [-0.2, 0) is 16.2 Å². The van der Waals surface area contributed by atoms with Gasteiger partial charge in [0.15, 0.2) is 0 Å². The lowest BCUT2D eigenvalue weighted by molar-refractivity contribution is 0.752. The Morgan fingerprint density at radius 1 is 0.171 bits per heavy atom. The SMILES string of the molecule is c1ccc(-c2cccc(-c3ccccc3N(c3ccc4c(c3)C3(c5ccccc5-4)c4ccccc4N(c4cccc(-c5ccc(C6(c7ccccc7)c7ccccc7-c7c(N(c8ccc9c(c8)C8(c%10ccccc%10-9)c9ccccc9N(c9ccccc9)c9ccccc98)c8ccccc8-c8cccc(-c9ccccc9)c8)cccc76)cc5)c4)c4ccccc43)c3ccc4sc5ccccc5c4c3)c2)cc1. The predicted molar refractivity (Wildman–Crippen MR) is 584 cm³/mol. The van der Waals surface area contributed by atoms with E-state index < -0.39 is 16.2 Å². The summed E-state index contributed by atoms with van der Waals surface area (Å²) in [5, 5.41) is 2.51. The van der Waals surface area contributed by atoms with Crippen LogP contribution in [0.5, 0.6) is 0 Å². The molecule has 654 valence electrons. The van der Waals surface area contributed by atoms with Gasteiger partial charge in [-0.15, -0.1) is 11.3 Å². The van der Waals surface area contributed by atoms with Gasteiger partial charge < -0.3 is 19.6 Å². The monoisotopic (exact) mass is 1800 g/mol. The van der Waals surface area contributed by atoms with Crippen LogP contribution in [0.3, 0.4) is 0 Å². The Morgan fingerprint density at radius 2 is 0.514 bits per heavy atom. The van der Waals surface area contributed by atoms with E-state index >= 15 is 0 Å². The van der Waals surface area contributed by atoms with E-state index in [4.69, 9.17) is 0 Å². The average Bonchev–Trinajstić information content (AvgIpc) is 1.58. The second kappa shape index (κ2) is 32.2. The molecule has 0 fully saturated rings. The van der Waals surface area contributed by atoms with Crippen LogP contribution >= 0.6 is 11.3 Å². The number of hydrogen-bond acceptors (Lipinski definition) is 5. The summed E-state index contributed by atoms with van der Waals surface area (Å²) in [6.07, 6.45) is 0. The maximum absolute atomic E-state index is 2.61. The molecule has 5 aliphatic rings. The Balaban J connectivity index is 0.591. The van der Waals surface area contributed by atoms with Crippen LogP contribution in [0.4, 0.5) is 68.2 Å². The maximum Gasteiger partial charge on any atom is 0.0755 e. The Kier molecular flexibility index (Phi) is 18.6. The van der Waals surface area contributed by atoms with Gasteiger partial charge in [-0.25, -0.2) is 0 Å². The molecule has 28 rings (SSSR count). The van der Waals surface area contributed by atoms with Gasteiger partial charge in [0.2, 0.25) is 0 Å². The minimum absolute atomic E-state index is 0.719. The van der Waals surface area contributed by atoms with E-state index in [-0.39, 0.29) is 0 Å². The standard InChI is InChI=1S/C135H88N4S/c1-5-37-89(38-6-1)92-41-33-44-95(83-92)104-51-16-26-65-123(104)136(101-79-82-131-112(86-101)110-55-18-32-72-130(110)140-131)102-77-80-108-106-53-13-20-58-114(106)135(121(108)87-102)118-62-24-30-69-127(118)139(128-70-31-25-63-119(128)135)100-50-35-43-94(85-100)91-73-75-98(76-74-91)133(97-46-9-3-10-47-97)115-59-21-15-56-111(115)132-120(133)64-36-71-129(132)138(124-66-27-17-52-105(124)96-45-34-42-93(84-96)90-39-7-2-8-40-90)103-78-81-109-107-54-14-19-57-113(107)134(122(109)88-103)116-60-22-28-67-125(116)137(99-48-11-4-12-49-99)126-68-29-23-61-117(126)134/h1-88H. The fourth-order valence-electron chi connectivity index (χ4n) is 24.8. The molecule has 23 aromatic rings. The molecule has 0 radical (unpaired) electrons. The van der Waals surface area contributed by atoms with Gasteiger partial charge in [0.25, 0.3) is 0 Å². The van der Waals surface area contributed by atoms with E-state index in [0.717, 1.165) is 107 Å². The van der Waals surface area contributed by atoms with Gasteiger partial charge in [0.05, 0.1) is 56.1 Å². The van der Waals surface area contributed by atoms with E-state index in [0.29, 0.717) is 0 Å².